The first-order valence-electron chi connectivity index (χ1n) is 5.96. The van der Waals surface area contributed by atoms with Gasteiger partial charge in [-0.25, -0.2) is 0 Å². The number of rotatable bonds is 5. The Morgan fingerprint density at radius 1 is 1.53 bits per heavy atom. The molecule has 0 unspecified atom stereocenters. The predicted octanol–water partition coefficient (Wildman–Crippen LogP) is 1.71. The zero-order chi connectivity index (χ0) is 14.0. The van der Waals surface area contributed by atoms with Gasteiger partial charge in [0.25, 0.3) is 0 Å². The van der Waals surface area contributed by atoms with Gasteiger partial charge in [0, 0.05) is 11.3 Å². The number of nitrogens with zero attached hydrogens (tertiary/aromatic N) is 1. The fourth-order valence-electron chi connectivity index (χ4n) is 1.88. The van der Waals surface area contributed by atoms with Gasteiger partial charge in [0.1, 0.15) is 18.3 Å². The Morgan fingerprint density at radius 3 is 2.84 bits per heavy atom. The van der Waals surface area contributed by atoms with Gasteiger partial charge in [-0.05, 0) is 24.1 Å². The van der Waals surface area contributed by atoms with Gasteiger partial charge in [0.2, 0.25) is 6.04 Å². The van der Waals surface area contributed by atoms with Crippen LogP contribution in [0, 0.1) is 23.0 Å². The van der Waals surface area contributed by atoms with E-state index in [9.17, 15) is 14.9 Å². The number of hydrogen-bond acceptors (Lipinski definition) is 5. The maximum Gasteiger partial charge on any atom is 0.316 e. The van der Waals surface area contributed by atoms with E-state index in [1.54, 1.807) is 13.2 Å². The molecule has 1 aromatic carbocycles. The first-order chi connectivity index (χ1) is 9.02. The second-order valence-corrected chi connectivity index (χ2v) is 4.61. The number of carbonyl (C=O) groups excluding carboxylic acids is 1. The van der Waals surface area contributed by atoms with Gasteiger partial charge in [-0.2, -0.15) is 0 Å². The van der Waals surface area contributed by atoms with Crippen LogP contribution < -0.4 is 4.74 Å². The molecule has 1 aliphatic carbocycles. The minimum atomic E-state index is -0.764. The topological polar surface area (TPSA) is 78.7 Å². The molecule has 102 valence electrons. The number of carbonyl (C=O) groups is 1. The number of nitro groups is 1. The van der Waals surface area contributed by atoms with Crippen LogP contribution in [-0.2, 0) is 16.1 Å². The number of esters is 1. The molecular formula is C13H15NO5. The molecule has 19 heavy (non-hydrogen) atoms. The van der Waals surface area contributed by atoms with E-state index in [1.165, 1.54) is 0 Å². The summed E-state index contributed by atoms with van der Waals surface area (Å²) in [6.45, 7) is 2.02. The Hall–Kier alpha value is -2.11. The van der Waals surface area contributed by atoms with Crippen molar-refractivity contribution in [3.05, 3.63) is 39.4 Å². The molecule has 0 heterocycles. The lowest BCUT2D eigenvalue weighted by Gasteiger charge is -2.08. The van der Waals surface area contributed by atoms with Crippen molar-refractivity contribution in [3.63, 3.8) is 0 Å². The van der Waals surface area contributed by atoms with Crippen LogP contribution in [0.15, 0.2) is 18.2 Å². The van der Waals surface area contributed by atoms with E-state index in [4.69, 9.17) is 9.47 Å². The average molecular weight is 265 g/mol. The van der Waals surface area contributed by atoms with Crippen molar-refractivity contribution in [1.82, 2.24) is 0 Å². The molecule has 1 aromatic rings. The molecule has 0 aromatic heterocycles. The van der Waals surface area contributed by atoms with E-state index in [1.807, 2.05) is 19.1 Å². The first-order valence-corrected chi connectivity index (χ1v) is 5.96. The van der Waals surface area contributed by atoms with Crippen molar-refractivity contribution >= 4 is 5.97 Å². The third-order valence-electron chi connectivity index (χ3n) is 3.18. The van der Waals surface area contributed by atoms with E-state index in [2.05, 4.69) is 0 Å². The third-order valence-corrected chi connectivity index (χ3v) is 3.18. The van der Waals surface area contributed by atoms with Crippen LogP contribution in [0.2, 0.25) is 0 Å². The summed E-state index contributed by atoms with van der Waals surface area (Å²) in [6, 6.07) is 4.74. The minimum absolute atomic E-state index is 0.108. The van der Waals surface area contributed by atoms with Gasteiger partial charge in [0.15, 0.2) is 0 Å². The summed E-state index contributed by atoms with van der Waals surface area (Å²) in [5.74, 6) is -0.355. The second-order valence-electron chi connectivity index (χ2n) is 4.61. The van der Waals surface area contributed by atoms with Crippen molar-refractivity contribution in [2.45, 2.75) is 26.0 Å². The smallest absolute Gasteiger partial charge is 0.316 e. The highest BCUT2D eigenvalue weighted by atomic mass is 16.6. The Labute approximate surface area is 110 Å². The lowest BCUT2D eigenvalue weighted by Crippen LogP contribution is -2.13. The highest BCUT2D eigenvalue weighted by Gasteiger charge is 2.54. The molecule has 0 spiro atoms. The Kier molecular flexibility index (Phi) is 3.69. The summed E-state index contributed by atoms with van der Waals surface area (Å²) >= 11 is 0. The molecule has 1 saturated carbocycles. The number of aryl methyl sites for hydroxylation is 1. The summed E-state index contributed by atoms with van der Waals surface area (Å²) in [7, 11) is 1.57. The fourth-order valence-corrected chi connectivity index (χ4v) is 1.88. The van der Waals surface area contributed by atoms with Crippen LogP contribution in [0.1, 0.15) is 17.5 Å². The molecule has 2 atom stereocenters. The van der Waals surface area contributed by atoms with Crippen molar-refractivity contribution in [2.24, 2.45) is 5.92 Å². The van der Waals surface area contributed by atoms with E-state index in [-0.39, 0.29) is 13.0 Å². The molecule has 6 heteroatoms. The zero-order valence-electron chi connectivity index (χ0n) is 10.8. The molecule has 0 radical (unpaired) electrons. The fraction of sp³-hybridized carbons (Fsp3) is 0.462. The monoisotopic (exact) mass is 265 g/mol. The molecule has 6 nitrogen and oxygen atoms in total. The lowest BCUT2D eigenvalue weighted by atomic mass is 10.1. The van der Waals surface area contributed by atoms with Crippen LogP contribution in [-0.4, -0.2) is 24.0 Å². The summed E-state index contributed by atoms with van der Waals surface area (Å²) in [5.41, 5.74) is 1.79. The highest BCUT2D eigenvalue weighted by Crippen LogP contribution is 2.34. The molecule has 0 bridgehead atoms. The zero-order valence-corrected chi connectivity index (χ0v) is 10.8. The van der Waals surface area contributed by atoms with Crippen LogP contribution in [0.25, 0.3) is 0 Å². The number of benzene rings is 1. The van der Waals surface area contributed by atoms with E-state index >= 15 is 0 Å². The van der Waals surface area contributed by atoms with E-state index in [0.717, 1.165) is 16.9 Å². The van der Waals surface area contributed by atoms with Crippen LogP contribution >= 0.6 is 0 Å². The molecule has 0 saturated heterocycles. The molecule has 0 amide bonds. The normalized spacial score (nSPS) is 20.7. The summed E-state index contributed by atoms with van der Waals surface area (Å²) in [4.78, 5) is 21.6. The van der Waals surface area contributed by atoms with Gasteiger partial charge in [-0.1, -0.05) is 12.1 Å². The number of ether oxygens (including phenoxy) is 2. The lowest BCUT2D eigenvalue weighted by molar-refractivity contribution is -0.497. The molecular weight excluding hydrogens is 250 g/mol. The SMILES string of the molecule is COc1cc(COC(=O)[C@@H]2C[C@@H]2[N+](=O)[O-])ccc1C. The van der Waals surface area contributed by atoms with Gasteiger partial charge in [-0.3, -0.25) is 14.9 Å². The Balaban J connectivity index is 1.89. The maximum atomic E-state index is 11.6. The standard InChI is InChI=1S/C13H15NO5/c1-8-3-4-9(5-12(8)18-2)7-19-13(15)10-6-11(10)14(16)17/h3-5,10-11H,6-7H2,1-2H3/t10-,11+/m1/s1. The number of methoxy groups -OCH3 is 1. The summed E-state index contributed by atoms with van der Waals surface area (Å²) in [6.07, 6.45) is 0.281. The molecule has 2 rings (SSSR count). The number of hydrogen-bond donors (Lipinski definition) is 0. The molecule has 0 aliphatic heterocycles. The summed E-state index contributed by atoms with van der Waals surface area (Å²) < 4.78 is 10.2. The van der Waals surface area contributed by atoms with Gasteiger partial charge < -0.3 is 9.47 Å². The van der Waals surface area contributed by atoms with Crippen molar-refractivity contribution < 1.29 is 19.2 Å². The maximum absolute atomic E-state index is 11.6. The van der Waals surface area contributed by atoms with Gasteiger partial charge >= 0.3 is 5.97 Å². The van der Waals surface area contributed by atoms with Gasteiger partial charge in [-0.15, -0.1) is 0 Å². The van der Waals surface area contributed by atoms with Crippen LogP contribution in [0.3, 0.4) is 0 Å². The average Bonchev–Trinajstić information content (AvgIpc) is 3.17. The quantitative estimate of drug-likeness (QED) is 0.460. The van der Waals surface area contributed by atoms with E-state index < -0.39 is 22.9 Å². The Bertz CT molecular complexity index is 514. The van der Waals surface area contributed by atoms with Crippen LogP contribution in [0.5, 0.6) is 5.75 Å². The van der Waals surface area contributed by atoms with Crippen molar-refractivity contribution in [1.29, 1.82) is 0 Å². The summed E-state index contributed by atoms with van der Waals surface area (Å²) in [5, 5.41) is 10.5. The van der Waals surface area contributed by atoms with Crippen molar-refractivity contribution in [2.75, 3.05) is 7.11 Å². The van der Waals surface area contributed by atoms with E-state index in [0.29, 0.717) is 0 Å². The van der Waals surface area contributed by atoms with Gasteiger partial charge in [0.05, 0.1) is 7.11 Å². The third kappa shape index (κ3) is 3.01. The first kappa shape index (κ1) is 13.3. The molecule has 0 N–H and O–H groups in total. The Morgan fingerprint density at radius 2 is 2.26 bits per heavy atom. The molecule has 1 fully saturated rings. The molecule has 1 aliphatic rings. The van der Waals surface area contributed by atoms with Crippen LogP contribution in [0.4, 0.5) is 0 Å². The highest BCUT2D eigenvalue weighted by molar-refractivity contribution is 5.76. The predicted molar refractivity (Wildman–Crippen MR) is 66.4 cm³/mol. The van der Waals surface area contributed by atoms with Crippen molar-refractivity contribution in [3.8, 4) is 5.75 Å². The largest absolute Gasteiger partial charge is 0.496 e. The second kappa shape index (κ2) is 5.26. The minimum Gasteiger partial charge on any atom is -0.496 e.